The molecule has 21 heavy (non-hydrogen) atoms. The Morgan fingerprint density at radius 1 is 1.14 bits per heavy atom. The van der Waals surface area contributed by atoms with Crippen molar-refractivity contribution in [3.63, 3.8) is 0 Å². The van der Waals surface area contributed by atoms with E-state index in [9.17, 15) is 0 Å². The zero-order valence-corrected chi connectivity index (χ0v) is 14.2. The molecule has 1 nitrogen and oxygen atoms in total. The zero-order chi connectivity index (χ0) is 15.1. The molecule has 1 aliphatic carbocycles. The molecule has 1 aliphatic rings. The van der Waals surface area contributed by atoms with E-state index in [0.717, 1.165) is 11.8 Å². The molecule has 0 amide bonds. The lowest BCUT2D eigenvalue weighted by molar-refractivity contribution is 0.317. The third kappa shape index (κ3) is 5.47. The minimum Gasteiger partial charge on any atom is -0.313 e. The molecule has 1 saturated carbocycles. The van der Waals surface area contributed by atoms with Gasteiger partial charge in [-0.1, -0.05) is 70.2 Å². The summed E-state index contributed by atoms with van der Waals surface area (Å²) in [6.45, 7) is 4.59. The summed E-state index contributed by atoms with van der Waals surface area (Å²) < 4.78 is 0. The second-order valence-electron chi connectivity index (χ2n) is 7.27. The second-order valence-corrected chi connectivity index (χ2v) is 7.27. The van der Waals surface area contributed by atoms with Gasteiger partial charge in [0.1, 0.15) is 0 Å². The number of rotatable bonds is 7. The first-order valence-electron chi connectivity index (χ1n) is 8.95. The molecule has 0 radical (unpaired) electrons. The minimum absolute atomic E-state index is 0.527. The van der Waals surface area contributed by atoms with E-state index in [1.807, 2.05) is 0 Å². The normalized spacial score (nSPS) is 18.1. The maximum Gasteiger partial charge on any atom is 0.0317 e. The van der Waals surface area contributed by atoms with E-state index in [1.54, 1.807) is 0 Å². The molecule has 0 heterocycles. The molecule has 1 atom stereocenters. The molecule has 1 fully saturated rings. The number of hydrogen-bond acceptors (Lipinski definition) is 1. The maximum absolute atomic E-state index is 3.54. The van der Waals surface area contributed by atoms with Gasteiger partial charge in [-0.2, -0.15) is 0 Å². The predicted octanol–water partition coefficient (Wildman–Crippen LogP) is 5.51. The molecule has 0 aliphatic heterocycles. The van der Waals surface area contributed by atoms with E-state index in [-0.39, 0.29) is 0 Å². The summed E-state index contributed by atoms with van der Waals surface area (Å²) in [5.41, 5.74) is 2.96. The van der Waals surface area contributed by atoms with Gasteiger partial charge in [-0.25, -0.2) is 0 Å². The fourth-order valence-corrected chi connectivity index (χ4v) is 3.76. The molecule has 1 unspecified atom stereocenters. The van der Waals surface area contributed by atoms with Crippen LogP contribution < -0.4 is 5.32 Å². The predicted molar refractivity (Wildman–Crippen MR) is 92.6 cm³/mol. The average Bonchev–Trinajstić information content (AvgIpc) is 2.49. The Morgan fingerprint density at radius 3 is 2.57 bits per heavy atom. The summed E-state index contributed by atoms with van der Waals surface area (Å²) >= 11 is 0. The molecule has 1 N–H and O–H groups in total. The van der Waals surface area contributed by atoms with Gasteiger partial charge in [0, 0.05) is 6.04 Å². The first kappa shape index (κ1) is 16.5. The standard InChI is InChI=1S/C20H33N/c1-16(2)14-18-10-7-11-19(15-18)20(21-3)13-12-17-8-5-4-6-9-17/h7,10-11,15-17,20-21H,4-6,8-9,12-14H2,1-3H3. The van der Waals surface area contributed by atoms with Crippen LogP contribution in [0.1, 0.15) is 76.0 Å². The summed E-state index contributed by atoms with van der Waals surface area (Å²) in [5.74, 6) is 1.71. The van der Waals surface area contributed by atoms with Gasteiger partial charge in [-0.15, -0.1) is 0 Å². The second kappa shape index (κ2) is 8.58. The van der Waals surface area contributed by atoms with E-state index >= 15 is 0 Å². The number of benzene rings is 1. The Kier molecular flexibility index (Phi) is 6.76. The van der Waals surface area contributed by atoms with Crippen molar-refractivity contribution in [1.29, 1.82) is 0 Å². The van der Waals surface area contributed by atoms with Gasteiger partial charge >= 0.3 is 0 Å². The largest absolute Gasteiger partial charge is 0.313 e. The van der Waals surface area contributed by atoms with E-state index in [4.69, 9.17) is 0 Å². The maximum atomic E-state index is 3.54. The third-order valence-corrected chi connectivity index (χ3v) is 4.93. The first-order valence-corrected chi connectivity index (χ1v) is 8.95. The summed E-state index contributed by atoms with van der Waals surface area (Å²) in [6.07, 6.45) is 11.2. The number of nitrogens with one attached hydrogen (secondary N) is 1. The lowest BCUT2D eigenvalue weighted by Gasteiger charge is -2.24. The van der Waals surface area contributed by atoms with Crippen LogP contribution in [0.4, 0.5) is 0 Å². The summed E-state index contributed by atoms with van der Waals surface area (Å²) in [6, 6.07) is 9.75. The van der Waals surface area contributed by atoms with Gasteiger partial charge in [0.15, 0.2) is 0 Å². The van der Waals surface area contributed by atoms with Crippen molar-refractivity contribution in [3.05, 3.63) is 35.4 Å². The summed E-state index contributed by atoms with van der Waals surface area (Å²) in [7, 11) is 2.11. The van der Waals surface area contributed by atoms with Crippen LogP contribution in [0, 0.1) is 11.8 Å². The summed E-state index contributed by atoms with van der Waals surface area (Å²) in [4.78, 5) is 0. The van der Waals surface area contributed by atoms with Gasteiger partial charge in [0.2, 0.25) is 0 Å². The van der Waals surface area contributed by atoms with Crippen molar-refractivity contribution in [3.8, 4) is 0 Å². The van der Waals surface area contributed by atoms with E-state index < -0.39 is 0 Å². The van der Waals surface area contributed by atoms with Crippen molar-refractivity contribution in [2.24, 2.45) is 11.8 Å². The topological polar surface area (TPSA) is 12.0 Å². The van der Waals surface area contributed by atoms with Crippen molar-refractivity contribution < 1.29 is 0 Å². The fourth-order valence-electron chi connectivity index (χ4n) is 3.76. The molecule has 0 aromatic heterocycles. The van der Waals surface area contributed by atoms with Gasteiger partial charge in [0.05, 0.1) is 0 Å². The van der Waals surface area contributed by atoms with Crippen LogP contribution in [0.25, 0.3) is 0 Å². The number of hydrogen-bond donors (Lipinski definition) is 1. The highest BCUT2D eigenvalue weighted by molar-refractivity contribution is 5.26. The average molecular weight is 287 g/mol. The fraction of sp³-hybridized carbons (Fsp3) is 0.700. The van der Waals surface area contributed by atoms with Crippen LogP contribution in [0.5, 0.6) is 0 Å². The van der Waals surface area contributed by atoms with Gasteiger partial charge in [-0.3, -0.25) is 0 Å². The highest BCUT2D eigenvalue weighted by atomic mass is 14.9. The van der Waals surface area contributed by atoms with Crippen LogP contribution in [-0.2, 0) is 6.42 Å². The quantitative estimate of drug-likeness (QED) is 0.697. The molecule has 0 bridgehead atoms. The van der Waals surface area contributed by atoms with Crippen LogP contribution in [-0.4, -0.2) is 7.05 Å². The van der Waals surface area contributed by atoms with E-state index in [0.29, 0.717) is 6.04 Å². The van der Waals surface area contributed by atoms with Crippen LogP contribution in [0.3, 0.4) is 0 Å². The van der Waals surface area contributed by atoms with E-state index in [2.05, 4.69) is 50.5 Å². The van der Waals surface area contributed by atoms with Crippen molar-refractivity contribution in [1.82, 2.24) is 5.32 Å². The Morgan fingerprint density at radius 2 is 1.90 bits per heavy atom. The third-order valence-electron chi connectivity index (χ3n) is 4.93. The van der Waals surface area contributed by atoms with Crippen LogP contribution >= 0.6 is 0 Å². The lowest BCUT2D eigenvalue weighted by Crippen LogP contribution is -2.18. The molecular formula is C20H33N. The molecule has 0 spiro atoms. The zero-order valence-electron chi connectivity index (χ0n) is 14.2. The first-order chi connectivity index (χ1) is 10.2. The van der Waals surface area contributed by atoms with Crippen LogP contribution in [0.15, 0.2) is 24.3 Å². The molecule has 1 aromatic rings. The molecule has 1 heteroatoms. The Balaban J connectivity index is 1.92. The SMILES string of the molecule is CNC(CCC1CCCCC1)c1cccc(CC(C)C)c1. The molecular weight excluding hydrogens is 254 g/mol. The van der Waals surface area contributed by atoms with Crippen LogP contribution in [0.2, 0.25) is 0 Å². The smallest absolute Gasteiger partial charge is 0.0317 e. The van der Waals surface area contributed by atoms with E-state index in [1.165, 1.54) is 62.5 Å². The summed E-state index contributed by atoms with van der Waals surface area (Å²) in [5, 5.41) is 3.54. The monoisotopic (exact) mass is 287 g/mol. The minimum atomic E-state index is 0.527. The van der Waals surface area contributed by atoms with Gasteiger partial charge in [-0.05, 0) is 49.3 Å². The lowest BCUT2D eigenvalue weighted by atomic mass is 9.84. The molecule has 0 saturated heterocycles. The Bertz CT molecular complexity index is 404. The van der Waals surface area contributed by atoms with Gasteiger partial charge in [0.25, 0.3) is 0 Å². The molecule has 1 aromatic carbocycles. The highest BCUT2D eigenvalue weighted by Crippen LogP contribution is 2.30. The molecule has 2 rings (SSSR count). The highest BCUT2D eigenvalue weighted by Gasteiger charge is 2.16. The van der Waals surface area contributed by atoms with Gasteiger partial charge < -0.3 is 5.32 Å². The molecule has 118 valence electrons. The van der Waals surface area contributed by atoms with Crippen molar-refractivity contribution in [2.45, 2.75) is 71.3 Å². The van der Waals surface area contributed by atoms with Crippen molar-refractivity contribution >= 4 is 0 Å². The Labute approximate surface area is 131 Å². The Hall–Kier alpha value is -0.820. The van der Waals surface area contributed by atoms with Crippen molar-refractivity contribution in [2.75, 3.05) is 7.05 Å².